The van der Waals surface area contributed by atoms with Gasteiger partial charge >= 0.3 is 5.97 Å². The van der Waals surface area contributed by atoms with Crippen molar-refractivity contribution in [3.8, 4) is 0 Å². The van der Waals surface area contributed by atoms with E-state index < -0.39 is 49.3 Å². The van der Waals surface area contributed by atoms with Crippen LogP contribution in [-0.2, 0) is 9.53 Å². The lowest BCUT2D eigenvalue weighted by molar-refractivity contribution is -0.248. The molecule has 1 aliphatic heterocycles. The summed E-state index contributed by atoms with van der Waals surface area (Å²) in [4.78, 5) is 9.76. The molecule has 0 amide bonds. The molecule has 114 valence electrons. The van der Waals surface area contributed by atoms with Crippen molar-refractivity contribution in [3.05, 3.63) is 0 Å². The molecule has 19 heavy (non-hydrogen) atoms. The quantitative estimate of drug-likeness (QED) is 0.241. The van der Waals surface area contributed by atoms with Gasteiger partial charge in [0.05, 0.1) is 12.6 Å². The van der Waals surface area contributed by atoms with Gasteiger partial charge in [-0.25, -0.2) is 0 Å². The molecule has 0 aromatic carbocycles. The summed E-state index contributed by atoms with van der Waals surface area (Å²) >= 11 is 3.65. The molecule has 1 fully saturated rings. The molecule has 9 N–H and O–H groups in total. The number of aliphatic hydroxyl groups is 4. The third kappa shape index (κ3) is 5.58. The molecule has 0 spiro atoms. The summed E-state index contributed by atoms with van der Waals surface area (Å²) < 4.78 is 4.70. The van der Waals surface area contributed by atoms with Crippen LogP contribution in [0.2, 0.25) is 0 Å². The first-order valence-corrected chi connectivity index (χ1v) is 6.04. The summed E-state index contributed by atoms with van der Waals surface area (Å²) in [6.45, 7) is -0.470. The Balaban J connectivity index is 0.000000399. The molecule has 0 radical (unpaired) electrons. The molecule has 1 heterocycles. The van der Waals surface area contributed by atoms with Crippen molar-refractivity contribution >= 4 is 18.6 Å². The van der Waals surface area contributed by atoms with Crippen LogP contribution in [0, 0.1) is 0 Å². The lowest BCUT2D eigenvalue weighted by atomic mass is 9.98. The van der Waals surface area contributed by atoms with E-state index in [4.69, 9.17) is 31.5 Å². The number of rotatable bonds is 3. The Hall–Kier alpha value is -0.460. The van der Waals surface area contributed by atoms with Gasteiger partial charge in [0.1, 0.15) is 24.4 Å². The minimum atomic E-state index is -1.35. The topological polar surface area (TPSA) is 179 Å². The average Bonchev–Trinajstić information content (AvgIpc) is 2.40. The molecule has 1 saturated heterocycles. The molecular formula is C9H20N2O7S. The summed E-state index contributed by atoms with van der Waals surface area (Å²) in [5.74, 6) is -0.815. The van der Waals surface area contributed by atoms with Crippen LogP contribution in [0.15, 0.2) is 0 Å². The van der Waals surface area contributed by atoms with E-state index in [1.807, 2.05) is 0 Å². The second-order valence-corrected chi connectivity index (χ2v) is 4.30. The Kier molecular flexibility index (Phi) is 8.45. The maximum absolute atomic E-state index is 9.76. The molecule has 6 atom stereocenters. The largest absolute Gasteiger partial charge is 0.480 e. The first-order chi connectivity index (χ1) is 8.76. The number of carbonyl (C=O) groups is 1. The lowest BCUT2D eigenvalue weighted by Gasteiger charge is -2.38. The van der Waals surface area contributed by atoms with Gasteiger partial charge in [-0.1, -0.05) is 0 Å². The van der Waals surface area contributed by atoms with E-state index in [-0.39, 0.29) is 5.75 Å². The summed E-state index contributed by atoms with van der Waals surface area (Å²) in [7, 11) is 0. The van der Waals surface area contributed by atoms with Crippen LogP contribution in [0.4, 0.5) is 0 Å². The number of ether oxygens (including phenoxy) is 1. The van der Waals surface area contributed by atoms with Gasteiger partial charge < -0.3 is 41.7 Å². The molecule has 0 aromatic rings. The van der Waals surface area contributed by atoms with Crippen molar-refractivity contribution in [1.29, 1.82) is 0 Å². The summed E-state index contributed by atoms with van der Waals surface area (Å²) in [5, 5.41) is 44.1. The summed E-state index contributed by atoms with van der Waals surface area (Å²) in [6, 6.07) is -1.86. The van der Waals surface area contributed by atoms with Crippen molar-refractivity contribution in [2.45, 2.75) is 36.7 Å². The third-order valence-electron chi connectivity index (χ3n) is 2.46. The van der Waals surface area contributed by atoms with Gasteiger partial charge in [0.25, 0.3) is 0 Å². The average molecular weight is 300 g/mol. The number of aliphatic carboxylic acids is 1. The van der Waals surface area contributed by atoms with Gasteiger partial charge in [-0.3, -0.25) is 4.79 Å². The minimum Gasteiger partial charge on any atom is -0.480 e. The zero-order valence-electron chi connectivity index (χ0n) is 10.0. The smallest absolute Gasteiger partial charge is 0.321 e. The summed E-state index contributed by atoms with van der Waals surface area (Å²) in [6.07, 6.45) is -4.85. The second kappa shape index (κ2) is 8.66. The first kappa shape index (κ1) is 18.5. The zero-order valence-corrected chi connectivity index (χ0v) is 10.9. The molecule has 0 aliphatic carbocycles. The van der Waals surface area contributed by atoms with Crippen LogP contribution in [0.5, 0.6) is 0 Å². The number of hydrogen-bond acceptors (Lipinski definition) is 9. The van der Waals surface area contributed by atoms with Gasteiger partial charge in [-0.05, 0) is 0 Å². The van der Waals surface area contributed by atoms with Crippen LogP contribution in [-0.4, -0.2) is 80.5 Å². The fourth-order valence-electron chi connectivity index (χ4n) is 1.20. The van der Waals surface area contributed by atoms with Crippen LogP contribution < -0.4 is 11.5 Å². The van der Waals surface area contributed by atoms with E-state index in [1.54, 1.807) is 0 Å². The third-order valence-corrected chi connectivity index (χ3v) is 2.86. The summed E-state index contributed by atoms with van der Waals surface area (Å²) in [5.41, 5.74) is 10.2. The normalized spacial score (nSPS) is 36.1. The van der Waals surface area contributed by atoms with E-state index in [0.29, 0.717) is 0 Å². The van der Waals surface area contributed by atoms with Crippen molar-refractivity contribution in [2.24, 2.45) is 11.5 Å². The van der Waals surface area contributed by atoms with Gasteiger partial charge in [0, 0.05) is 5.75 Å². The van der Waals surface area contributed by atoms with Gasteiger partial charge in [0.2, 0.25) is 0 Å². The molecule has 0 aromatic heterocycles. The Morgan fingerprint density at radius 3 is 2.16 bits per heavy atom. The highest BCUT2D eigenvalue weighted by Gasteiger charge is 2.41. The highest BCUT2D eigenvalue weighted by molar-refractivity contribution is 7.80. The van der Waals surface area contributed by atoms with Crippen LogP contribution in [0.1, 0.15) is 0 Å². The van der Waals surface area contributed by atoms with E-state index in [9.17, 15) is 15.0 Å². The monoisotopic (exact) mass is 300 g/mol. The number of hydrogen-bond donors (Lipinski definition) is 8. The van der Waals surface area contributed by atoms with E-state index in [1.165, 1.54) is 0 Å². The molecule has 1 rings (SSSR count). The Bertz CT molecular complexity index is 279. The fraction of sp³-hybridized carbons (Fsp3) is 0.889. The predicted molar refractivity (Wildman–Crippen MR) is 67.4 cm³/mol. The number of thiol groups is 1. The number of carboxylic acid groups (broad SMARTS) is 1. The van der Waals surface area contributed by atoms with Crippen molar-refractivity contribution in [3.63, 3.8) is 0 Å². The lowest BCUT2D eigenvalue weighted by Crippen LogP contribution is -2.61. The Morgan fingerprint density at radius 1 is 1.32 bits per heavy atom. The molecule has 9 nitrogen and oxygen atoms in total. The standard InChI is InChI=1S/C6H13NO5.C3H7NO2S/c7-3-5(10)4(9)2(1-8)12-6(3)11;4-2(1-7)3(5)6/h2-6,8-11H,1,7H2;2,7H,1,4H2,(H,5,6)/t2-,3-,4-,5-,6?;2-/m10/s1. The number of aliphatic hydroxyl groups excluding tert-OH is 4. The second-order valence-electron chi connectivity index (χ2n) is 3.93. The van der Waals surface area contributed by atoms with Crippen LogP contribution in [0.25, 0.3) is 0 Å². The van der Waals surface area contributed by atoms with E-state index in [2.05, 4.69) is 12.6 Å². The Morgan fingerprint density at radius 2 is 1.84 bits per heavy atom. The number of carboxylic acids is 1. The maximum atomic E-state index is 9.76. The molecule has 1 unspecified atom stereocenters. The highest BCUT2D eigenvalue weighted by atomic mass is 32.1. The van der Waals surface area contributed by atoms with Crippen molar-refractivity contribution < 1.29 is 35.1 Å². The van der Waals surface area contributed by atoms with Crippen LogP contribution in [0.3, 0.4) is 0 Å². The molecule has 0 saturated carbocycles. The SMILES string of the molecule is N[C@@H](CS)C(=O)O.N[C@H]1C(O)O[C@H](CO)[C@@H](O)[C@@H]1O. The van der Waals surface area contributed by atoms with Gasteiger partial charge in [-0.15, -0.1) is 0 Å². The van der Waals surface area contributed by atoms with E-state index >= 15 is 0 Å². The van der Waals surface area contributed by atoms with Gasteiger partial charge in [0.15, 0.2) is 6.29 Å². The molecule has 0 bridgehead atoms. The highest BCUT2D eigenvalue weighted by Crippen LogP contribution is 2.17. The fourth-order valence-corrected chi connectivity index (χ4v) is 1.35. The molecular weight excluding hydrogens is 280 g/mol. The first-order valence-electron chi connectivity index (χ1n) is 5.41. The van der Waals surface area contributed by atoms with Crippen LogP contribution >= 0.6 is 12.6 Å². The van der Waals surface area contributed by atoms with E-state index in [0.717, 1.165) is 0 Å². The zero-order chi connectivity index (χ0) is 15.2. The van der Waals surface area contributed by atoms with Gasteiger partial charge in [-0.2, -0.15) is 12.6 Å². The maximum Gasteiger partial charge on any atom is 0.321 e. The minimum absolute atomic E-state index is 0.190. The number of nitrogens with two attached hydrogens (primary N) is 2. The molecule has 1 aliphatic rings. The Labute approximate surface area is 115 Å². The molecule has 10 heteroatoms. The predicted octanol–water partition coefficient (Wildman–Crippen LogP) is -3.93. The van der Waals surface area contributed by atoms with Crippen molar-refractivity contribution in [1.82, 2.24) is 0 Å². The van der Waals surface area contributed by atoms with Crippen molar-refractivity contribution in [2.75, 3.05) is 12.4 Å².